The van der Waals surface area contributed by atoms with Gasteiger partial charge in [0.2, 0.25) is 0 Å². The Hall–Kier alpha value is -2.48. The Labute approximate surface area is 169 Å². The van der Waals surface area contributed by atoms with Gasteiger partial charge in [-0.25, -0.2) is 0 Å². The maximum Gasteiger partial charge on any atom is 0.326 e. The van der Waals surface area contributed by atoms with E-state index in [2.05, 4.69) is 0 Å². The number of imide groups is 1. The third-order valence-corrected chi connectivity index (χ3v) is 4.36. The fraction of sp³-hybridized carbons (Fsp3) is 0.450. The number of esters is 1. The monoisotopic (exact) mass is 407 g/mol. The molecule has 1 aliphatic heterocycles. The highest BCUT2D eigenvalue weighted by molar-refractivity contribution is 8.18. The van der Waals surface area contributed by atoms with Gasteiger partial charge in [0.25, 0.3) is 11.1 Å². The average Bonchev–Trinajstić information content (AvgIpc) is 2.84. The van der Waals surface area contributed by atoms with Crippen molar-refractivity contribution in [2.24, 2.45) is 0 Å². The number of benzene rings is 1. The fourth-order valence-electron chi connectivity index (χ4n) is 2.45. The van der Waals surface area contributed by atoms with Crippen LogP contribution in [0.2, 0.25) is 0 Å². The summed E-state index contributed by atoms with van der Waals surface area (Å²) in [5.41, 5.74) is 0.690. The molecule has 0 N–H and O–H groups in total. The van der Waals surface area contributed by atoms with E-state index in [1.54, 1.807) is 38.1 Å². The molecule has 8 heteroatoms. The molecular weight excluding hydrogens is 382 g/mol. The molecule has 28 heavy (non-hydrogen) atoms. The molecule has 0 atom stereocenters. The molecule has 0 spiro atoms. The first-order chi connectivity index (χ1) is 13.2. The quantitative estimate of drug-likeness (QED) is 0.478. The van der Waals surface area contributed by atoms with E-state index >= 15 is 0 Å². The lowest BCUT2D eigenvalue weighted by atomic mass is 10.2. The minimum absolute atomic E-state index is 0.00727. The number of ether oxygens (including phenoxy) is 3. The highest BCUT2D eigenvalue weighted by Crippen LogP contribution is 2.35. The molecule has 0 radical (unpaired) electrons. The third kappa shape index (κ3) is 5.76. The molecule has 1 fully saturated rings. The molecule has 2 rings (SSSR count). The van der Waals surface area contributed by atoms with Crippen molar-refractivity contribution >= 4 is 35.0 Å². The first-order valence-electron chi connectivity index (χ1n) is 9.09. The van der Waals surface area contributed by atoms with Crippen molar-refractivity contribution in [3.8, 4) is 11.5 Å². The summed E-state index contributed by atoms with van der Waals surface area (Å²) in [6.07, 6.45) is 1.28. The summed E-state index contributed by atoms with van der Waals surface area (Å²) in [6.45, 7) is 9.18. The van der Waals surface area contributed by atoms with E-state index in [9.17, 15) is 14.4 Å². The number of thioether (sulfide) groups is 1. The predicted octanol–water partition coefficient (Wildman–Crippen LogP) is 3.86. The summed E-state index contributed by atoms with van der Waals surface area (Å²) < 4.78 is 16.3. The number of carbonyl (C=O) groups is 3. The smallest absolute Gasteiger partial charge is 0.326 e. The van der Waals surface area contributed by atoms with Crippen LogP contribution in [0, 0.1) is 0 Å². The maximum atomic E-state index is 12.5. The minimum atomic E-state index is -0.618. The van der Waals surface area contributed by atoms with Gasteiger partial charge in [0.05, 0.1) is 23.7 Å². The van der Waals surface area contributed by atoms with Crippen molar-refractivity contribution in [3.63, 3.8) is 0 Å². The molecule has 7 nitrogen and oxygen atoms in total. The van der Waals surface area contributed by atoms with Gasteiger partial charge < -0.3 is 14.2 Å². The van der Waals surface area contributed by atoms with E-state index in [4.69, 9.17) is 14.2 Å². The summed E-state index contributed by atoms with van der Waals surface area (Å²) in [5.74, 6) is 0.0340. The second kappa shape index (κ2) is 9.64. The van der Waals surface area contributed by atoms with Gasteiger partial charge in [0, 0.05) is 0 Å². The fourth-order valence-corrected chi connectivity index (χ4v) is 3.29. The summed E-state index contributed by atoms with van der Waals surface area (Å²) in [6, 6.07) is 5.30. The number of hydrogen-bond acceptors (Lipinski definition) is 7. The van der Waals surface area contributed by atoms with Gasteiger partial charge in [-0.15, -0.1) is 0 Å². The molecule has 0 saturated carbocycles. The minimum Gasteiger partial charge on any atom is -0.490 e. The number of nitrogens with zero attached hydrogens (tertiary/aromatic N) is 1. The van der Waals surface area contributed by atoms with Crippen molar-refractivity contribution in [1.29, 1.82) is 0 Å². The van der Waals surface area contributed by atoms with Crippen molar-refractivity contribution < 1.29 is 28.6 Å². The van der Waals surface area contributed by atoms with Gasteiger partial charge in [0.15, 0.2) is 11.5 Å². The Balaban J connectivity index is 2.20. The molecule has 1 aromatic rings. The van der Waals surface area contributed by atoms with Crippen molar-refractivity contribution in [2.75, 3.05) is 13.2 Å². The van der Waals surface area contributed by atoms with Crippen LogP contribution in [0.25, 0.3) is 6.08 Å². The molecule has 1 saturated heterocycles. The summed E-state index contributed by atoms with van der Waals surface area (Å²) in [7, 11) is 0. The highest BCUT2D eigenvalue weighted by atomic mass is 32.2. The Morgan fingerprint density at radius 2 is 1.86 bits per heavy atom. The molecule has 1 aromatic carbocycles. The third-order valence-electron chi connectivity index (χ3n) is 3.46. The molecule has 2 amide bonds. The molecule has 0 unspecified atom stereocenters. The van der Waals surface area contributed by atoms with E-state index in [1.807, 2.05) is 20.8 Å². The van der Waals surface area contributed by atoms with E-state index in [1.165, 1.54) is 0 Å². The van der Waals surface area contributed by atoms with Gasteiger partial charge in [-0.1, -0.05) is 6.07 Å². The van der Waals surface area contributed by atoms with Crippen molar-refractivity contribution in [2.45, 2.75) is 46.8 Å². The predicted molar refractivity (Wildman–Crippen MR) is 107 cm³/mol. The largest absolute Gasteiger partial charge is 0.490 e. The lowest BCUT2D eigenvalue weighted by molar-refractivity contribution is -0.149. The van der Waals surface area contributed by atoms with E-state index < -0.39 is 23.7 Å². The van der Waals surface area contributed by atoms with Crippen molar-refractivity contribution in [1.82, 2.24) is 4.90 Å². The van der Waals surface area contributed by atoms with Gasteiger partial charge >= 0.3 is 5.97 Å². The topological polar surface area (TPSA) is 82.1 Å². The second-order valence-electron chi connectivity index (χ2n) is 6.61. The van der Waals surface area contributed by atoms with Crippen LogP contribution in [0.5, 0.6) is 11.5 Å². The molecule has 152 valence electrons. The summed E-state index contributed by atoms with van der Waals surface area (Å²) in [4.78, 5) is 37.6. The van der Waals surface area contributed by atoms with Crippen LogP contribution in [-0.2, 0) is 14.3 Å². The Kier molecular flexibility index (Phi) is 7.51. The average molecular weight is 407 g/mol. The van der Waals surface area contributed by atoms with Crippen LogP contribution in [0.1, 0.15) is 40.2 Å². The SMILES string of the molecule is CCOc1cc(/C=C2\SC(=O)N(CC(=O)OC(C)C)C2=O)ccc1OC(C)C. The number of carbonyl (C=O) groups excluding carboxylic acids is 3. The molecule has 0 bridgehead atoms. The van der Waals surface area contributed by atoms with Crippen LogP contribution < -0.4 is 9.47 Å². The lowest BCUT2D eigenvalue weighted by Crippen LogP contribution is -2.35. The lowest BCUT2D eigenvalue weighted by Gasteiger charge is -2.15. The van der Waals surface area contributed by atoms with Crippen LogP contribution in [-0.4, -0.2) is 47.4 Å². The van der Waals surface area contributed by atoms with E-state index in [0.29, 0.717) is 23.7 Å². The van der Waals surface area contributed by atoms with Crippen molar-refractivity contribution in [3.05, 3.63) is 28.7 Å². The zero-order chi connectivity index (χ0) is 20.8. The molecular formula is C20H25NO6S. The molecule has 0 aliphatic carbocycles. The molecule has 0 aromatic heterocycles. The van der Waals surface area contributed by atoms with Crippen LogP contribution in [0.3, 0.4) is 0 Å². The van der Waals surface area contributed by atoms with Gasteiger partial charge in [0.1, 0.15) is 6.54 Å². The summed E-state index contributed by atoms with van der Waals surface area (Å²) >= 11 is 0.790. The highest BCUT2D eigenvalue weighted by Gasteiger charge is 2.36. The normalized spacial score (nSPS) is 15.7. The second-order valence-corrected chi connectivity index (χ2v) is 7.61. The number of rotatable bonds is 8. The van der Waals surface area contributed by atoms with E-state index in [-0.39, 0.29) is 17.1 Å². The Morgan fingerprint density at radius 1 is 1.14 bits per heavy atom. The van der Waals surface area contributed by atoms with Crippen LogP contribution >= 0.6 is 11.8 Å². The van der Waals surface area contributed by atoms with Gasteiger partial charge in [-0.3, -0.25) is 19.3 Å². The molecule has 1 aliphatic rings. The van der Waals surface area contributed by atoms with Crippen LogP contribution in [0.4, 0.5) is 4.79 Å². The van der Waals surface area contributed by atoms with Gasteiger partial charge in [-0.05, 0) is 70.2 Å². The summed E-state index contributed by atoms with van der Waals surface area (Å²) in [5, 5.41) is -0.498. The standard InChI is InChI=1S/C20H25NO6S/c1-6-25-16-9-14(7-8-15(16)26-12(2)3)10-17-19(23)21(20(24)28-17)11-18(22)27-13(4)5/h7-10,12-13H,6,11H2,1-5H3/b17-10-. The zero-order valence-corrected chi connectivity index (χ0v) is 17.5. The maximum absolute atomic E-state index is 12.5. The first kappa shape index (κ1) is 21.8. The Bertz CT molecular complexity index is 787. The molecule has 1 heterocycles. The van der Waals surface area contributed by atoms with Gasteiger partial charge in [-0.2, -0.15) is 0 Å². The van der Waals surface area contributed by atoms with Crippen LogP contribution in [0.15, 0.2) is 23.1 Å². The Morgan fingerprint density at radius 3 is 2.46 bits per heavy atom. The zero-order valence-electron chi connectivity index (χ0n) is 16.7. The number of amides is 2. The van der Waals surface area contributed by atoms with E-state index in [0.717, 1.165) is 16.7 Å². The number of hydrogen-bond donors (Lipinski definition) is 0. The first-order valence-corrected chi connectivity index (χ1v) is 9.91.